The number of allylic oxidation sites excluding steroid dienone is 2. The van der Waals surface area contributed by atoms with Gasteiger partial charge in [0.1, 0.15) is 0 Å². The molecule has 5 rings (SSSR count). The van der Waals surface area contributed by atoms with Crippen LogP contribution in [-0.4, -0.2) is 17.0 Å². The Labute approximate surface area is 129 Å². The minimum absolute atomic E-state index is 0.0279. The van der Waals surface area contributed by atoms with E-state index in [2.05, 4.69) is 11.4 Å². The first kappa shape index (κ1) is 13.6. The summed E-state index contributed by atoms with van der Waals surface area (Å²) < 4.78 is 0. The highest BCUT2D eigenvalue weighted by molar-refractivity contribution is 5.96. The molecule has 0 heterocycles. The van der Waals surface area contributed by atoms with Gasteiger partial charge in [0.05, 0.1) is 11.8 Å². The van der Waals surface area contributed by atoms with Crippen LogP contribution < -0.4 is 5.32 Å². The summed E-state index contributed by atoms with van der Waals surface area (Å²) >= 11 is 0. The van der Waals surface area contributed by atoms with Crippen LogP contribution in [0.3, 0.4) is 0 Å². The topological polar surface area (TPSA) is 66.4 Å². The Morgan fingerprint density at radius 1 is 1.09 bits per heavy atom. The van der Waals surface area contributed by atoms with Gasteiger partial charge in [-0.3, -0.25) is 9.59 Å². The second-order valence-corrected chi connectivity index (χ2v) is 6.80. The second kappa shape index (κ2) is 4.70. The van der Waals surface area contributed by atoms with Crippen LogP contribution in [-0.2, 0) is 9.59 Å². The summed E-state index contributed by atoms with van der Waals surface area (Å²) in [5, 5.41) is 12.6. The molecule has 4 nitrogen and oxygen atoms in total. The molecule has 4 heteroatoms. The quantitative estimate of drug-likeness (QED) is 0.843. The summed E-state index contributed by atoms with van der Waals surface area (Å²) in [6, 6.07) is 7.60. The second-order valence-electron chi connectivity index (χ2n) is 6.80. The van der Waals surface area contributed by atoms with E-state index in [1.165, 1.54) is 0 Å². The molecule has 4 aliphatic carbocycles. The minimum Gasteiger partial charge on any atom is -0.481 e. The van der Waals surface area contributed by atoms with Crippen molar-refractivity contribution in [1.82, 2.24) is 0 Å². The number of para-hydroxylation sites is 1. The highest BCUT2D eigenvalue weighted by Gasteiger charge is 2.62. The van der Waals surface area contributed by atoms with Gasteiger partial charge in [-0.2, -0.15) is 0 Å². The van der Waals surface area contributed by atoms with Crippen molar-refractivity contribution in [3.05, 3.63) is 42.0 Å². The minimum atomic E-state index is -0.838. The van der Waals surface area contributed by atoms with Gasteiger partial charge >= 0.3 is 5.97 Å². The maximum Gasteiger partial charge on any atom is 0.307 e. The molecular formula is C18H19NO3. The number of hydrogen-bond donors (Lipinski definition) is 2. The summed E-state index contributed by atoms with van der Waals surface area (Å²) in [5.41, 5.74) is 1.76. The highest BCUT2D eigenvalue weighted by Crippen LogP contribution is 2.63. The number of nitrogens with one attached hydrogen (secondary N) is 1. The normalized spacial score (nSPS) is 37.5. The monoisotopic (exact) mass is 297 g/mol. The first-order valence-electron chi connectivity index (χ1n) is 7.85. The predicted octanol–water partition coefficient (Wildman–Crippen LogP) is 2.70. The van der Waals surface area contributed by atoms with E-state index in [9.17, 15) is 14.7 Å². The number of carboxylic acids is 1. The lowest BCUT2D eigenvalue weighted by atomic mass is 9.62. The number of amides is 1. The molecule has 114 valence electrons. The molecule has 0 saturated heterocycles. The van der Waals surface area contributed by atoms with Crippen LogP contribution in [0.15, 0.2) is 36.4 Å². The zero-order valence-corrected chi connectivity index (χ0v) is 12.4. The van der Waals surface area contributed by atoms with E-state index in [1.54, 1.807) is 0 Å². The van der Waals surface area contributed by atoms with Gasteiger partial charge in [-0.05, 0) is 48.6 Å². The standard InChI is InChI=1S/C18H19NO3/c1-9-4-2-3-5-14(9)19-17(20)15-10-6-7-11(13-8-12(10)13)16(15)18(21)22/h2-7,10-13,15-16H,8H2,1H3,(H,19,20)(H,21,22)/t10-,11+,12+,13+,15-,16-/m0/s1. The van der Waals surface area contributed by atoms with E-state index in [1.807, 2.05) is 37.3 Å². The molecule has 0 aromatic heterocycles. The Morgan fingerprint density at radius 2 is 1.73 bits per heavy atom. The van der Waals surface area contributed by atoms with Crippen LogP contribution in [0.2, 0.25) is 0 Å². The van der Waals surface area contributed by atoms with Crippen molar-refractivity contribution in [2.24, 2.45) is 35.5 Å². The molecule has 2 N–H and O–H groups in total. The zero-order chi connectivity index (χ0) is 15.4. The molecular weight excluding hydrogens is 278 g/mol. The average Bonchev–Trinajstić information content (AvgIpc) is 3.30. The zero-order valence-electron chi connectivity index (χ0n) is 12.4. The molecule has 0 aliphatic heterocycles. The van der Waals surface area contributed by atoms with Gasteiger partial charge in [0.15, 0.2) is 0 Å². The number of aliphatic carboxylic acids is 1. The van der Waals surface area contributed by atoms with Crippen molar-refractivity contribution in [3.8, 4) is 0 Å². The van der Waals surface area contributed by atoms with E-state index in [4.69, 9.17) is 0 Å². The van der Waals surface area contributed by atoms with Crippen LogP contribution in [0.5, 0.6) is 0 Å². The number of rotatable bonds is 3. The van der Waals surface area contributed by atoms with Gasteiger partial charge in [0.2, 0.25) is 5.91 Å². The third-order valence-electron chi connectivity index (χ3n) is 5.64. The first-order chi connectivity index (χ1) is 10.6. The highest BCUT2D eigenvalue weighted by atomic mass is 16.4. The molecule has 4 aliphatic rings. The van der Waals surface area contributed by atoms with Gasteiger partial charge in [-0.25, -0.2) is 0 Å². The summed E-state index contributed by atoms with van der Waals surface area (Å²) in [4.78, 5) is 24.5. The Morgan fingerprint density at radius 3 is 2.36 bits per heavy atom. The largest absolute Gasteiger partial charge is 0.481 e. The molecule has 0 unspecified atom stereocenters. The number of carboxylic acid groups (broad SMARTS) is 1. The Hall–Kier alpha value is -2.10. The fourth-order valence-electron chi connectivity index (χ4n) is 4.50. The van der Waals surface area contributed by atoms with Crippen LogP contribution in [0.25, 0.3) is 0 Å². The van der Waals surface area contributed by atoms with Gasteiger partial charge in [0, 0.05) is 5.69 Å². The average molecular weight is 297 g/mol. The van der Waals surface area contributed by atoms with E-state index in [0.29, 0.717) is 11.8 Å². The molecule has 1 aromatic rings. The predicted molar refractivity (Wildman–Crippen MR) is 82.1 cm³/mol. The molecule has 2 bridgehead atoms. The Balaban J connectivity index is 1.63. The molecule has 0 radical (unpaired) electrons. The smallest absolute Gasteiger partial charge is 0.307 e. The number of carbonyl (C=O) groups is 2. The molecule has 2 fully saturated rings. The molecule has 1 aromatic carbocycles. The SMILES string of the molecule is Cc1ccccc1NC(=O)[C@H]1[C@H]2C=C[C@H]([C@H]3C[C@H]23)[C@@H]1C(=O)O. The maximum atomic E-state index is 12.8. The number of anilines is 1. The first-order valence-corrected chi connectivity index (χ1v) is 7.85. The van der Waals surface area contributed by atoms with Crippen molar-refractivity contribution < 1.29 is 14.7 Å². The molecule has 6 atom stereocenters. The van der Waals surface area contributed by atoms with E-state index in [-0.39, 0.29) is 17.7 Å². The lowest BCUT2D eigenvalue weighted by molar-refractivity contribution is -0.152. The molecule has 22 heavy (non-hydrogen) atoms. The molecule has 1 amide bonds. The molecule has 2 saturated carbocycles. The Kier molecular flexibility index (Phi) is 2.90. The third-order valence-corrected chi connectivity index (χ3v) is 5.64. The van der Waals surface area contributed by atoms with Gasteiger partial charge in [-0.15, -0.1) is 0 Å². The number of benzene rings is 1. The van der Waals surface area contributed by atoms with Crippen LogP contribution in [0.1, 0.15) is 12.0 Å². The van der Waals surface area contributed by atoms with Crippen molar-refractivity contribution >= 4 is 17.6 Å². The lowest BCUT2D eigenvalue weighted by Gasteiger charge is -2.41. The molecule has 0 spiro atoms. The maximum absolute atomic E-state index is 12.8. The van der Waals surface area contributed by atoms with Crippen molar-refractivity contribution in [3.63, 3.8) is 0 Å². The fraction of sp³-hybridized carbons (Fsp3) is 0.444. The van der Waals surface area contributed by atoms with Gasteiger partial charge in [0.25, 0.3) is 0 Å². The van der Waals surface area contributed by atoms with E-state index >= 15 is 0 Å². The van der Waals surface area contributed by atoms with E-state index < -0.39 is 17.8 Å². The van der Waals surface area contributed by atoms with Crippen LogP contribution in [0, 0.1) is 42.4 Å². The van der Waals surface area contributed by atoms with Crippen LogP contribution >= 0.6 is 0 Å². The summed E-state index contributed by atoms with van der Waals surface area (Å²) in [6.07, 6.45) is 5.19. The number of fused-ring (bicyclic) bond motifs is 1. The van der Waals surface area contributed by atoms with Gasteiger partial charge < -0.3 is 10.4 Å². The number of carbonyl (C=O) groups excluding carboxylic acids is 1. The van der Waals surface area contributed by atoms with Crippen LogP contribution in [0.4, 0.5) is 5.69 Å². The summed E-state index contributed by atoms with van der Waals surface area (Å²) in [6.45, 7) is 1.94. The van der Waals surface area contributed by atoms with E-state index in [0.717, 1.165) is 17.7 Å². The number of aryl methyl sites for hydroxylation is 1. The van der Waals surface area contributed by atoms with Crippen molar-refractivity contribution in [2.75, 3.05) is 5.32 Å². The summed E-state index contributed by atoms with van der Waals surface area (Å²) in [5.74, 6) is -0.906. The number of hydrogen-bond acceptors (Lipinski definition) is 2. The lowest BCUT2D eigenvalue weighted by Crippen LogP contribution is -2.48. The van der Waals surface area contributed by atoms with Crippen molar-refractivity contribution in [1.29, 1.82) is 0 Å². The summed E-state index contributed by atoms with van der Waals surface area (Å²) in [7, 11) is 0. The van der Waals surface area contributed by atoms with Crippen molar-refractivity contribution in [2.45, 2.75) is 13.3 Å². The Bertz CT molecular complexity index is 681. The van der Waals surface area contributed by atoms with Gasteiger partial charge in [-0.1, -0.05) is 30.4 Å². The fourth-order valence-corrected chi connectivity index (χ4v) is 4.50. The third kappa shape index (κ3) is 1.90.